The maximum atomic E-state index is 13.9. The molecule has 37 heavy (non-hydrogen) atoms. The normalized spacial score (nSPS) is 13.7. The molecule has 0 spiro atoms. The molecule has 0 aliphatic rings. The highest BCUT2D eigenvalue weighted by molar-refractivity contribution is 5.94. The number of benzene rings is 1. The fourth-order valence-corrected chi connectivity index (χ4v) is 4.00. The van der Waals surface area contributed by atoms with Crippen LogP contribution in [0.3, 0.4) is 0 Å². The lowest BCUT2D eigenvalue weighted by Crippen LogP contribution is -2.54. The van der Waals surface area contributed by atoms with E-state index in [4.69, 9.17) is 10.5 Å². The Kier molecular flexibility index (Phi) is 13.1. The van der Waals surface area contributed by atoms with E-state index in [1.165, 1.54) is 4.90 Å². The first-order valence-corrected chi connectivity index (χ1v) is 13.2. The van der Waals surface area contributed by atoms with Gasteiger partial charge in [0.25, 0.3) is 0 Å². The van der Waals surface area contributed by atoms with Crippen LogP contribution in [0.25, 0.3) is 0 Å². The van der Waals surface area contributed by atoms with Crippen LogP contribution in [0, 0.1) is 6.92 Å². The number of carbonyl (C=O) groups is 4. The molecule has 9 heteroatoms. The van der Waals surface area contributed by atoms with Gasteiger partial charge < -0.3 is 26.0 Å². The number of alkyl carbamates (subject to hydrolysis) is 1. The summed E-state index contributed by atoms with van der Waals surface area (Å²) < 4.78 is 5.31. The fraction of sp³-hybridized carbons (Fsp3) is 0.643. The minimum absolute atomic E-state index is 0.0839. The van der Waals surface area contributed by atoms with E-state index in [-0.39, 0.29) is 18.5 Å². The second-order valence-corrected chi connectivity index (χ2v) is 10.6. The Morgan fingerprint density at radius 2 is 1.62 bits per heavy atom. The standard InChI is InChI=1S/C28H46N4O5/c1-8-10-11-17-32(26(35)22(18-23(29)33)31-27(36)37-28(5,6)7)24(21-15-13-19(3)14-16-21)25(34)30-20(4)12-9-2/h13-16,20,22,24H,8-12,17-18H2,1-7H3,(H2,29,33)(H,30,34)(H,31,36). The van der Waals surface area contributed by atoms with Crippen LogP contribution < -0.4 is 16.4 Å². The van der Waals surface area contributed by atoms with Crippen molar-refractivity contribution in [1.29, 1.82) is 0 Å². The molecule has 9 nitrogen and oxygen atoms in total. The van der Waals surface area contributed by atoms with Crippen molar-refractivity contribution < 1.29 is 23.9 Å². The lowest BCUT2D eigenvalue weighted by atomic mass is 9.99. The Labute approximate surface area is 221 Å². The first kappa shape index (κ1) is 31.9. The van der Waals surface area contributed by atoms with Crippen LogP contribution in [-0.2, 0) is 19.1 Å². The summed E-state index contributed by atoms with van der Waals surface area (Å²) in [4.78, 5) is 53.4. The predicted molar refractivity (Wildman–Crippen MR) is 145 cm³/mol. The molecular weight excluding hydrogens is 472 g/mol. The average Bonchev–Trinajstić information content (AvgIpc) is 2.77. The van der Waals surface area contributed by atoms with Crippen LogP contribution in [-0.4, -0.2) is 52.9 Å². The monoisotopic (exact) mass is 518 g/mol. The third-order valence-electron chi connectivity index (χ3n) is 5.74. The topological polar surface area (TPSA) is 131 Å². The van der Waals surface area contributed by atoms with E-state index in [0.29, 0.717) is 12.0 Å². The number of carbonyl (C=O) groups excluding carboxylic acids is 4. The minimum atomic E-state index is -1.28. The van der Waals surface area contributed by atoms with Crippen molar-refractivity contribution >= 4 is 23.8 Å². The number of rotatable bonds is 14. The van der Waals surface area contributed by atoms with Crippen LogP contribution in [0.2, 0.25) is 0 Å². The van der Waals surface area contributed by atoms with E-state index >= 15 is 0 Å². The number of unbranched alkanes of at least 4 members (excludes halogenated alkanes) is 2. The van der Waals surface area contributed by atoms with Crippen LogP contribution in [0.4, 0.5) is 4.79 Å². The van der Waals surface area contributed by atoms with Gasteiger partial charge in [0.15, 0.2) is 0 Å². The van der Waals surface area contributed by atoms with E-state index in [1.54, 1.807) is 20.8 Å². The Morgan fingerprint density at radius 1 is 1.00 bits per heavy atom. The number of hydrogen-bond acceptors (Lipinski definition) is 5. The van der Waals surface area contributed by atoms with Crippen LogP contribution >= 0.6 is 0 Å². The molecule has 0 radical (unpaired) electrons. The maximum Gasteiger partial charge on any atom is 0.408 e. The summed E-state index contributed by atoms with van der Waals surface area (Å²) in [5, 5.41) is 5.54. The molecule has 0 aliphatic heterocycles. The van der Waals surface area contributed by atoms with Gasteiger partial charge in [-0.15, -0.1) is 0 Å². The van der Waals surface area contributed by atoms with Crippen LogP contribution in [0.15, 0.2) is 24.3 Å². The summed E-state index contributed by atoms with van der Waals surface area (Å²) in [5.41, 5.74) is 6.30. The van der Waals surface area contributed by atoms with Crippen molar-refractivity contribution in [3.8, 4) is 0 Å². The molecule has 0 aromatic heterocycles. The minimum Gasteiger partial charge on any atom is -0.444 e. The Bertz CT molecular complexity index is 895. The number of amides is 4. The van der Waals surface area contributed by atoms with Gasteiger partial charge >= 0.3 is 6.09 Å². The van der Waals surface area contributed by atoms with E-state index in [9.17, 15) is 19.2 Å². The smallest absolute Gasteiger partial charge is 0.408 e. The van der Waals surface area contributed by atoms with Gasteiger partial charge in [-0.2, -0.15) is 0 Å². The quantitative estimate of drug-likeness (QED) is 0.319. The van der Waals surface area contributed by atoms with Crippen molar-refractivity contribution in [2.45, 2.75) is 111 Å². The summed E-state index contributed by atoms with van der Waals surface area (Å²) in [5.74, 6) is -1.63. The van der Waals surface area contributed by atoms with Gasteiger partial charge in [0.2, 0.25) is 17.7 Å². The van der Waals surface area contributed by atoms with Gasteiger partial charge in [0.1, 0.15) is 17.7 Å². The number of nitrogens with two attached hydrogens (primary N) is 1. The summed E-state index contributed by atoms with van der Waals surface area (Å²) in [6.45, 7) is 13.3. The predicted octanol–water partition coefficient (Wildman–Crippen LogP) is 4.13. The third kappa shape index (κ3) is 11.7. The zero-order valence-electron chi connectivity index (χ0n) is 23.6. The van der Waals surface area contributed by atoms with Crippen molar-refractivity contribution in [2.75, 3.05) is 6.54 Å². The SMILES string of the molecule is CCCCCN(C(=O)C(CC(N)=O)NC(=O)OC(C)(C)C)C(C(=O)NC(C)CCC)c1ccc(C)cc1. The summed E-state index contributed by atoms with van der Waals surface area (Å²) in [6, 6.07) is 5.13. The summed E-state index contributed by atoms with van der Waals surface area (Å²) >= 11 is 0. The van der Waals surface area contributed by atoms with E-state index in [1.807, 2.05) is 52.0 Å². The first-order chi connectivity index (χ1) is 17.3. The van der Waals surface area contributed by atoms with Crippen molar-refractivity contribution in [1.82, 2.24) is 15.5 Å². The second-order valence-electron chi connectivity index (χ2n) is 10.6. The number of nitrogens with one attached hydrogen (secondary N) is 2. The summed E-state index contributed by atoms with van der Waals surface area (Å²) in [6.07, 6.45) is 2.84. The molecule has 0 bridgehead atoms. The zero-order chi connectivity index (χ0) is 28.2. The number of ether oxygens (including phenoxy) is 1. The maximum absolute atomic E-state index is 13.9. The molecule has 1 aromatic rings. The summed E-state index contributed by atoms with van der Waals surface area (Å²) in [7, 11) is 0. The lowest BCUT2D eigenvalue weighted by Gasteiger charge is -2.35. The molecule has 0 saturated heterocycles. The highest BCUT2D eigenvalue weighted by Crippen LogP contribution is 2.25. The van der Waals surface area contributed by atoms with Gasteiger partial charge in [-0.25, -0.2) is 4.79 Å². The largest absolute Gasteiger partial charge is 0.444 e. The number of aryl methyl sites for hydroxylation is 1. The van der Waals surface area contributed by atoms with Gasteiger partial charge in [0.05, 0.1) is 6.42 Å². The molecule has 0 saturated carbocycles. The Hall–Kier alpha value is -3.10. The Balaban J connectivity index is 3.48. The molecule has 0 aliphatic carbocycles. The van der Waals surface area contributed by atoms with Crippen molar-refractivity contribution in [3.05, 3.63) is 35.4 Å². The van der Waals surface area contributed by atoms with E-state index in [0.717, 1.165) is 31.2 Å². The molecular formula is C28H46N4O5. The van der Waals surface area contributed by atoms with Crippen molar-refractivity contribution in [3.63, 3.8) is 0 Å². The second kappa shape index (κ2) is 15.2. The molecule has 3 unspecified atom stereocenters. The molecule has 3 atom stereocenters. The molecule has 1 aromatic carbocycles. The van der Waals surface area contributed by atoms with Crippen LogP contribution in [0.1, 0.15) is 97.2 Å². The van der Waals surface area contributed by atoms with Crippen molar-refractivity contribution in [2.24, 2.45) is 5.73 Å². The van der Waals surface area contributed by atoms with Gasteiger partial charge in [-0.3, -0.25) is 14.4 Å². The van der Waals surface area contributed by atoms with Gasteiger partial charge in [0, 0.05) is 12.6 Å². The van der Waals surface area contributed by atoms with Crippen LogP contribution in [0.5, 0.6) is 0 Å². The third-order valence-corrected chi connectivity index (χ3v) is 5.74. The van der Waals surface area contributed by atoms with Gasteiger partial charge in [-0.1, -0.05) is 62.9 Å². The zero-order valence-corrected chi connectivity index (χ0v) is 23.6. The molecule has 4 amide bonds. The highest BCUT2D eigenvalue weighted by Gasteiger charge is 2.37. The lowest BCUT2D eigenvalue weighted by molar-refractivity contribution is -0.143. The number of hydrogen-bond donors (Lipinski definition) is 3. The molecule has 1 rings (SSSR count). The molecule has 0 fully saturated rings. The number of primary amides is 1. The van der Waals surface area contributed by atoms with E-state index in [2.05, 4.69) is 10.6 Å². The van der Waals surface area contributed by atoms with E-state index < -0.39 is 42.0 Å². The molecule has 0 heterocycles. The first-order valence-electron chi connectivity index (χ1n) is 13.2. The highest BCUT2D eigenvalue weighted by atomic mass is 16.6. The van der Waals surface area contributed by atoms with Gasteiger partial charge in [-0.05, 0) is 53.0 Å². The molecule has 208 valence electrons. The average molecular weight is 519 g/mol. The molecule has 4 N–H and O–H groups in total. The Morgan fingerprint density at radius 3 is 2.14 bits per heavy atom. The fourth-order valence-electron chi connectivity index (χ4n) is 4.00. The number of nitrogens with zero attached hydrogens (tertiary/aromatic N) is 1.